The van der Waals surface area contributed by atoms with E-state index in [9.17, 15) is 33.6 Å². The number of methoxy groups -OCH3 is 2. The number of ketones is 1. The number of hydrogen-bond donors (Lipinski definition) is 4. The highest BCUT2D eigenvalue weighted by atomic mass is 16.6. The van der Waals surface area contributed by atoms with Gasteiger partial charge in [0.05, 0.1) is 36.6 Å². The van der Waals surface area contributed by atoms with Crippen LogP contribution in [0.5, 0.6) is 0 Å². The lowest BCUT2D eigenvalue weighted by Gasteiger charge is -2.37. The zero-order valence-corrected chi connectivity index (χ0v) is 44.3. The number of hydrazine groups is 1. The second-order valence-electron chi connectivity index (χ2n) is 20.9. The molecule has 2 aromatic carbocycles. The highest BCUT2D eigenvalue weighted by Crippen LogP contribution is 2.34. The first-order chi connectivity index (χ1) is 32.9. The summed E-state index contributed by atoms with van der Waals surface area (Å²) in [5.74, 6) is -3.54. The van der Waals surface area contributed by atoms with Crippen LogP contribution >= 0.6 is 0 Å². The molecule has 0 radical (unpaired) electrons. The number of ether oxygens (including phenoxy) is 3. The monoisotopic (exact) mass is 977 g/mol. The fourth-order valence-electron chi connectivity index (χ4n) is 9.52. The SMILES string of the molecule is CCC(C)C(CC(C)CC(=O)C(NC(=O)C(C(C)C)N(C)C(=O)OC(C)(C)C)C(C)C)C(CC(=O)N1CCCC1C(OC)C(C)C(=O)NC(Cc1ccccc1)C(=O)NNC(=O)c1ccccc1)OC. The molecule has 10 unspecified atom stereocenters. The zero-order chi connectivity index (χ0) is 52.5. The summed E-state index contributed by atoms with van der Waals surface area (Å²) in [4.78, 5) is 98.7. The lowest BCUT2D eigenvalue weighted by atomic mass is 9.77. The minimum absolute atomic E-state index is 0.0835. The van der Waals surface area contributed by atoms with Crippen LogP contribution in [0, 0.1) is 35.5 Å². The van der Waals surface area contributed by atoms with E-state index in [1.54, 1.807) is 70.0 Å². The van der Waals surface area contributed by atoms with Gasteiger partial charge in [-0.05, 0) is 87.3 Å². The molecule has 1 fully saturated rings. The topological polar surface area (TPSA) is 202 Å². The minimum Gasteiger partial charge on any atom is -0.444 e. The van der Waals surface area contributed by atoms with Crippen molar-refractivity contribution in [2.24, 2.45) is 35.5 Å². The number of carbonyl (C=O) groups is 7. The van der Waals surface area contributed by atoms with Crippen molar-refractivity contribution in [3.63, 3.8) is 0 Å². The van der Waals surface area contributed by atoms with Crippen LogP contribution in [-0.4, -0.2) is 121 Å². The Balaban J connectivity index is 1.73. The average molecular weight is 977 g/mol. The number of rotatable bonds is 25. The quantitative estimate of drug-likeness (QED) is 0.0759. The first kappa shape index (κ1) is 59.0. The summed E-state index contributed by atoms with van der Waals surface area (Å²) in [6.07, 6.45) is 1.35. The van der Waals surface area contributed by atoms with Gasteiger partial charge in [0.2, 0.25) is 17.7 Å². The molecular weight excluding hydrogens is 893 g/mol. The summed E-state index contributed by atoms with van der Waals surface area (Å²) in [6.45, 7) is 21.2. The van der Waals surface area contributed by atoms with Gasteiger partial charge in [0.1, 0.15) is 17.7 Å². The first-order valence-electron chi connectivity index (χ1n) is 25.1. The second-order valence-corrected chi connectivity index (χ2v) is 20.9. The number of carbonyl (C=O) groups excluding carboxylic acids is 7. The Kier molecular flexibility index (Phi) is 23.5. The minimum atomic E-state index is -1.05. The van der Waals surface area contributed by atoms with E-state index in [1.807, 2.05) is 65.0 Å². The van der Waals surface area contributed by atoms with Crippen LogP contribution in [0.15, 0.2) is 60.7 Å². The molecule has 2 aromatic rings. The lowest BCUT2D eigenvalue weighted by molar-refractivity contribution is -0.143. The van der Waals surface area contributed by atoms with Crippen molar-refractivity contribution in [3.05, 3.63) is 71.8 Å². The van der Waals surface area contributed by atoms with E-state index in [-0.39, 0.29) is 60.5 Å². The number of Topliss-reactive ketones (excluding diaryl/α,β-unsaturated/α-hetero) is 1. The van der Waals surface area contributed by atoms with E-state index < -0.39 is 77.6 Å². The molecule has 70 heavy (non-hydrogen) atoms. The molecule has 3 rings (SSSR count). The second kappa shape index (κ2) is 27.9. The molecule has 1 aliphatic rings. The molecule has 4 N–H and O–H groups in total. The summed E-state index contributed by atoms with van der Waals surface area (Å²) in [5.41, 5.74) is 5.32. The number of benzene rings is 2. The van der Waals surface area contributed by atoms with Crippen molar-refractivity contribution in [2.45, 2.75) is 163 Å². The number of amides is 6. The maximum absolute atomic E-state index is 14.4. The van der Waals surface area contributed by atoms with E-state index in [1.165, 1.54) is 19.1 Å². The van der Waals surface area contributed by atoms with E-state index in [0.29, 0.717) is 31.4 Å². The highest BCUT2D eigenvalue weighted by molar-refractivity contribution is 5.96. The van der Waals surface area contributed by atoms with E-state index in [2.05, 4.69) is 35.3 Å². The van der Waals surface area contributed by atoms with Gasteiger partial charge in [-0.3, -0.25) is 44.5 Å². The van der Waals surface area contributed by atoms with E-state index in [0.717, 1.165) is 12.0 Å². The molecule has 1 saturated heterocycles. The predicted molar refractivity (Wildman–Crippen MR) is 270 cm³/mol. The Morgan fingerprint density at radius 3 is 1.93 bits per heavy atom. The summed E-state index contributed by atoms with van der Waals surface area (Å²) in [6, 6.07) is 14.6. The normalized spacial score (nSPS) is 17.8. The van der Waals surface area contributed by atoms with Crippen molar-refractivity contribution < 1.29 is 47.8 Å². The molecule has 16 heteroatoms. The average Bonchev–Trinajstić information content (AvgIpc) is 3.80. The maximum atomic E-state index is 14.4. The molecule has 10 atom stereocenters. The van der Waals surface area contributed by atoms with Crippen LogP contribution in [0.1, 0.15) is 131 Å². The van der Waals surface area contributed by atoms with Crippen molar-refractivity contribution in [2.75, 3.05) is 27.8 Å². The number of nitrogens with zero attached hydrogens (tertiary/aromatic N) is 2. The van der Waals surface area contributed by atoms with Crippen LogP contribution in [0.2, 0.25) is 0 Å². The lowest BCUT2D eigenvalue weighted by Crippen LogP contribution is -2.56. The summed E-state index contributed by atoms with van der Waals surface area (Å²) < 4.78 is 17.7. The molecule has 0 spiro atoms. The molecular formula is C54H84N6O10. The van der Waals surface area contributed by atoms with Gasteiger partial charge in [-0.25, -0.2) is 4.79 Å². The molecule has 0 aromatic heterocycles. The molecule has 1 heterocycles. The third-order valence-electron chi connectivity index (χ3n) is 13.5. The predicted octanol–water partition coefficient (Wildman–Crippen LogP) is 6.90. The van der Waals surface area contributed by atoms with E-state index >= 15 is 0 Å². The maximum Gasteiger partial charge on any atom is 0.410 e. The van der Waals surface area contributed by atoms with Crippen molar-refractivity contribution in [1.29, 1.82) is 0 Å². The molecule has 1 aliphatic heterocycles. The summed E-state index contributed by atoms with van der Waals surface area (Å²) >= 11 is 0. The smallest absolute Gasteiger partial charge is 0.410 e. The van der Waals surface area contributed by atoms with Crippen LogP contribution in [-0.2, 0) is 44.6 Å². The van der Waals surface area contributed by atoms with E-state index in [4.69, 9.17) is 14.2 Å². The molecule has 390 valence electrons. The first-order valence-corrected chi connectivity index (χ1v) is 25.1. The van der Waals surface area contributed by atoms with Crippen LogP contribution in [0.3, 0.4) is 0 Å². The highest BCUT2D eigenvalue weighted by Gasteiger charge is 2.42. The molecule has 0 aliphatic carbocycles. The Labute approximate surface area is 417 Å². The summed E-state index contributed by atoms with van der Waals surface area (Å²) in [7, 11) is 4.65. The van der Waals surface area contributed by atoms with Gasteiger partial charge in [0.25, 0.3) is 11.8 Å². The Morgan fingerprint density at radius 2 is 1.39 bits per heavy atom. The zero-order valence-electron chi connectivity index (χ0n) is 44.3. The molecule has 0 saturated carbocycles. The Morgan fingerprint density at radius 1 is 0.771 bits per heavy atom. The third kappa shape index (κ3) is 17.5. The fourth-order valence-corrected chi connectivity index (χ4v) is 9.52. The van der Waals surface area contributed by atoms with Gasteiger partial charge in [-0.2, -0.15) is 0 Å². The Bertz CT molecular complexity index is 2010. The van der Waals surface area contributed by atoms with Crippen LogP contribution in [0.25, 0.3) is 0 Å². The number of nitrogens with one attached hydrogen (secondary N) is 4. The van der Waals surface area contributed by atoms with Gasteiger partial charge < -0.3 is 29.7 Å². The number of likely N-dealkylation sites (N-methyl/N-ethyl adjacent to an activating group) is 1. The van der Waals surface area contributed by atoms with Crippen LogP contribution < -0.4 is 21.5 Å². The van der Waals surface area contributed by atoms with Gasteiger partial charge in [0.15, 0.2) is 5.78 Å². The Hall–Kier alpha value is -5.35. The largest absolute Gasteiger partial charge is 0.444 e. The number of hydrogen-bond acceptors (Lipinski definition) is 10. The standard InChI is InChI=1S/C54H84N6O10/c1-15-36(7)40(29-35(6)30-43(61)46(33(2)3)56-52(66)47(34(4)5)59(12)53(67)70-54(9,10)11)44(68-13)32-45(62)60-28-22-27-42(60)48(69-14)37(8)49(63)55-41(31-38-23-18-16-19-24-38)51(65)58-57-50(64)39-25-20-17-21-26-39/h16-21,23-26,33-37,40-42,44,46-48H,15,22,27-32H2,1-14H3,(H,55,63)(H,56,66)(H,57,64)(H,58,65). The molecule has 16 nitrogen and oxygen atoms in total. The molecule has 0 bridgehead atoms. The van der Waals surface area contributed by atoms with Crippen molar-refractivity contribution in [1.82, 2.24) is 31.3 Å². The summed E-state index contributed by atoms with van der Waals surface area (Å²) in [5, 5.41) is 5.87. The van der Waals surface area contributed by atoms with Gasteiger partial charge in [-0.15, -0.1) is 0 Å². The van der Waals surface area contributed by atoms with Gasteiger partial charge in [-0.1, -0.05) is 110 Å². The van der Waals surface area contributed by atoms with Crippen molar-refractivity contribution in [3.8, 4) is 0 Å². The third-order valence-corrected chi connectivity index (χ3v) is 13.5. The molecule has 6 amide bonds. The fraction of sp³-hybridized carbons (Fsp3) is 0.648. The van der Waals surface area contributed by atoms with Crippen LogP contribution in [0.4, 0.5) is 4.79 Å². The van der Waals surface area contributed by atoms with Gasteiger partial charge in [0, 0.05) is 46.2 Å². The number of likely N-dealkylation sites (tertiary alicyclic amines) is 1. The van der Waals surface area contributed by atoms with Crippen molar-refractivity contribution >= 4 is 41.4 Å². The van der Waals surface area contributed by atoms with Gasteiger partial charge >= 0.3 is 6.09 Å².